The van der Waals surface area contributed by atoms with Crippen LogP contribution in [0.5, 0.6) is 0 Å². The van der Waals surface area contributed by atoms with E-state index in [0.717, 1.165) is 12.8 Å². The van der Waals surface area contributed by atoms with Gasteiger partial charge in [-0.1, -0.05) is 28.8 Å². The molecule has 1 saturated carbocycles. The SMILES string of the molecule is O=[N+]([O-])c1cc(Br)ccc1NCCOC1CCCC1. The van der Waals surface area contributed by atoms with Crippen molar-refractivity contribution in [3.8, 4) is 0 Å². The highest BCUT2D eigenvalue weighted by Crippen LogP contribution is 2.27. The fourth-order valence-electron chi connectivity index (χ4n) is 2.27. The minimum absolute atomic E-state index is 0.0789. The summed E-state index contributed by atoms with van der Waals surface area (Å²) in [6, 6.07) is 4.99. The summed E-state index contributed by atoms with van der Waals surface area (Å²) in [4.78, 5) is 10.5. The van der Waals surface area contributed by atoms with Crippen LogP contribution in [-0.2, 0) is 4.74 Å². The lowest BCUT2D eigenvalue weighted by Crippen LogP contribution is -2.15. The second-order valence-corrected chi connectivity index (χ2v) is 5.54. The van der Waals surface area contributed by atoms with E-state index in [1.54, 1.807) is 12.1 Å². The van der Waals surface area contributed by atoms with E-state index in [1.165, 1.54) is 18.9 Å². The third kappa shape index (κ3) is 4.18. The largest absolute Gasteiger partial charge is 0.377 e. The lowest BCUT2D eigenvalue weighted by atomic mass is 10.2. The predicted molar refractivity (Wildman–Crippen MR) is 77.5 cm³/mol. The molecule has 6 heteroatoms. The van der Waals surface area contributed by atoms with Crippen LogP contribution in [0.25, 0.3) is 0 Å². The topological polar surface area (TPSA) is 64.4 Å². The lowest BCUT2D eigenvalue weighted by molar-refractivity contribution is -0.384. The Morgan fingerprint density at radius 3 is 2.84 bits per heavy atom. The number of hydrogen-bond donors (Lipinski definition) is 1. The molecule has 0 heterocycles. The maximum Gasteiger partial charge on any atom is 0.293 e. The Labute approximate surface area is 120 Å². The number of nitro benzene ring substituents is 1. The van der Waals surface area contributed by atoms with Gasteiger partial charge < -0.3 is 10.1 Å². The number of nitrogens with zero attached hydrogens (tertiary/aromatic N) is 1. The molecule has 1 fully saturated rings. The molecule has 1 aliphatic carbocycles. The molecule has 5 nitrogen and oxygen atoms in total. The Balaban J connectivity index is 1.83. The number of ether oxygens (including phenoxy) is 1. The Hall–Kier alpha value is -1.14. The van der Waals surface area contributed by atoms with E-state index in [9.17, 15) is 10.1 Å². The van der Waals surface area contributed by atoms with Crippen molar-refractivity contribution in [2.75, 3.05) is 18.5 Å². The molecule has 1 aromatic carbocycles. The summed E-state index contributed by atoms with van der Waals surface area (Å²) in [7, 11) is 0. The fraction of sp³-hybridized carbons (Fsp3) is 0.538. The van der Waals surface area contributed by atoms with Gasteiger partial charge in [0.15, 0.2) is 0 Å². The highest BCUT2D eigenvalue weighted by molar-refractivity contribution is 9.10. The molecule has 0 bridgehead atoms. The molecule has 0 aromatic heterocycles. The molecular weight excluding hydrogens is 312 g/mol. The second-order valence-electron chi connectivity index (χ2n) is 4.62. The summed E-state index contributed by atoms with van der Waals surface area (Å²) in [5.74, 6) is 0. The maximum absolute atomic E-state index is 10.9. The van der Waals surface area contributed by atoms with Crippen LogP contribution in [0.2, 0.25) is 0 Å². The summed E-state index contributed by atoms with van der Waals surface area (Å²) in [5.41, 5.74) is 0.610. The van der Waals surface area contributed by atoms with Crippen LogP contribution in [0.15, 0.2) is 22.7 Å². The van der Waals surface area contributed by atoms with Crippen LogP contribution < -0.4 is 5.32 Å². The molecular formula is C13H17BrN2O3. The van der Waals surface area contributed by atoms with Gasteiger partial charge in [-0.3, -0.25) is 10.1 Å². The molecule has 1 aromatic rings. The van der Waals surface area contributed by atoms with Gasteiger partial charge in [0.25, 0.3) is 5.69 Å². The third-order valence-electron chi connectivity index (χ3n) is 3.23. The minimum atomic E-state index is -0.384. The number of benzene rings is 1. The number of anilines is 1. The lowest BCUT2D eigenvalue weighted by Gasteiger charge is -2.12. The van der Waals surface area contributed by atoms with Crippen molar-refractivity contribution in [3.05, 3.63) is 32.8 Å². The first kappa shape index (κ1) is 14.3. The number of nitro groups is 1. The molecule has 0 amide bonds. The van der Waals surface area contributed by atoms with Gasteiger partial charge in [0.2, 0.25) is 0 Å². The fourth-order valence-corrected chi connectivity index (χ4v) is 2.62. The molecule has 19 heavy (non-hydrogen) atoms. The van der Waals surface area contributed by atoms with E-state index in [-0.39, 0.29) is 10.6 Å². The van der Waals surface area contributed by atoms with E-state index in [4.69, 9.17) is 4.74 Å². The molecule has 104 valence electrons. The molecule has 0 atom stereocenters. The first-order valence-electron chi connectivity index (χ1n) is 6.46. The highest BCUT2D eigenvalue weighted by atomic mass is 79.9. The third-order valence-corrected chi connectivity index (χ3v) is 3.72. The summed E-state index contributed by atoms with van der Waals surface area (Å²) >= 11 is 3.23. The van der Waals surface area contributed by atoms with Crippen molar-refractivity contribution in [1.82, 2.24) is 0 Å². The maximum atomic E-state index is 10.9. The molecule has 1 N–H and O–H groups in total. The van der Waals surface area contributed by atoms with Crippen molar-refractivity contribution in [1.29, 1.82) is 0 Å². The monoisotopic (exact) mass is 328 g/mol. The predicted octanol–water partition coefficient (Wildman–Crippen LogP) is 3.73. The van der Waals surface area contributed by atoms with Gasteiger partial charge in [0.1, 0.15) is 5.69 Å². The number of halogens is 1. The van der Waals surface area contributed by atoms with Gasteiger partial charge in [-0.05, 0) is 25.0 Å². The normalized spacial score (nSPS) is 15.6. The van der Waals surface area contributed by atoms with Crippen molar-refractivity contribution >= 4 is 27.3 Å². The van der Waals surface area contributed by atoms with Gasteiger partial charge in [0.05, 0.1) is 17.6 Å². The molecule has 0 saturated heterocycles. The van der Waals surface area contributed by atoms with Crippen LogP contribution >= 0.6 is 15.9 Å². The van der Waals surface area contributed by atoms with E-state index in [2.05, 4.69) is 21.2 Å². The molecule has 1 aliphatic rings. The molecule has 0 spiro atoms. The van der Waals surface area contributed by atoms with E-state index < -0.39 is 0 Å². The van der Waals surface area contributed by atoms with Crippen molar-refractivity contribution in [2.24, 2.45) is 0 Å². The Morgan fingerprint density at radius 1 is 1.42 bits per heavy atom. The van der Waals surface area contributed by atoms with Crippen LogP contribution in [0.3, 0.4) is 0 Å². The van der Waals surface area contributed by atoms with Gasteiger partial charge in [0, 0.05) is 17.1 Å². The Kier molecular flexibility index (Phi) is 5.15. The average molecular weight is 329 g/mol. The van der Waals surface area contributed by atoms with Gasteiger partial charge >= 0.3 is 0 Å². The Morgan fingerprint density at radius 2 is 2.16 bits per heavy atom. The Bertz CT molecular complexity index is 448. The number of rotatable bonds is 6. The first-order chi connectivity index (χ1) is 9.16. The minimum Gasteiger partial charge on any atom is -0.377 e. The smallest absolute Gasteiger partial charge is 0.293 e. The van der Waals surface area contributed by atoms with Crippen LogP contribution in [-0.4, -0.2) is 24.2 Å². The number of hydrogen-bond acceptors (Lipinski definition) is 4. The van der Waals surface area contributed by atoms with Crippen LogP contribution in [0, 0.1) is 10.1 Å². The van der Waals surface area contributed by atoms with Crippen molar-refractivity contribution < 1.29 is 9.66 Å². The highest BCUT2D eigenvalue weighted by Gasteiger charge is 2.16. The zero-order chi connectivity index (χ0) is 13.7. The standard InChI is InChI=1S/C13H17BrN2O3/c14-10-5-6-12(13(9-10)16(17)18)15-7-8-19-11-3-1-2-4-11/h5-6,9,11,15H,1-4,7-8H2. The number of nitrogens with one attached hydrogen (secondary N) is 1. The molecule has 0 aliphatic heterocycles. The summed E-state index contributed by atoms with van der Waals surface area (Å²) < 4.78 is 6.41. The van der Waals surface area contributed by atoms with Crippen LogP contribution in [0.4, 0.5) is 11.4 Å². The zero-order valence-electron chi connectivity index (χ0n) is 10.6. The summed E-state index contributed by atoms with van der Waals surface area (Å²) in [5, 5.41) is 14.0. The van der Waals surface area contributed by atoms with Crippen LogP contribution in [0.1, 0.15) is 25.7 Å². The average Bonchev–Trinajstić information content (AvgIpc) is 2.89. The molecule has 0 radical (unpaired) electrons. The molecule has 0 unspecified atom stereocenters. The van der Waals surface area contributed by atoms with E-state index in [0.29, 0.717) is 29.4 Å². The van der Waals surface area contributed by atoms with Gasteiger partial charge in [-0.15, -0.1) is 0 Å². The summed E-state index contributed by atoms with van der Waals surface area (Å²) in [6.07, 6.45) is 5.14. The quantitative estimate of drug-likeness (QED) is 0.491. The second kappa shape index (κ2) is 6.86. The summed E-state index contributed by atoms with van der Waals surface area (Å²) in [6.45, 7) is 1.16. The van der Waals surface area contributed by atoms with E-state index >= 15 is 0 Å². The zero-order valence-corrected chi connectivity index (χ0v) is 12.2. The first-order valence-corrected chi connectivity index (χ1v) is 7.25. The van der Waals surface area contributed by atoms with Gasteiger partial charge in [-0.25, -0.2) is 0 Å². The van der Waals surface area contributed by atoms with Gasteiger partial charge in [-0.2, -0.15) is 0 Å². The molecule has 2 rings (SSSR count). The van der Waals surface area contributed by atoms with E-state index in [1.807, 2.05) is 0 Å². The van der Waals surface area contributed by atoms with Crippen molar-refractivity contribution in [3.63, 3.8) is 0 Å². The van der Waals surface area contributed by atoms with Crippen molar-refractivity contribution in [2.45, 2.75) is 31.8 Å².